The van der Waals surface area contributed by atoms with E-state index in [9.17, 15) is 5.11 Å². The molecule has 0 radical (unpaired) electrons. The van der Waals surface area contributed by atoms with Crippen LogP contribution in [0.5, 0.6) is 11.8 Å². The van der Waals surface area contributed by atoms with Gasteiger partial charge in [0.2, 0.25) is 0 Å². The molecule has 57 heavy (non-hydrogen) atoms. The van der Waals surface area contributed by atoms with E-state index in [1.807, 2.05) is 4.90 Å². The summed E-state index contributed by atoms with van der Waals surface area (Å²) in [6.45, 7) is 23.1. The van der Waals surface area contributed by atoms with Gasteiger partial charge in [-0.1, -0.05) is 60.5 Å². The van der Waals surface area contributed by atoms with Crippen LogP contribution in [0.4, 0.5) is 14.6 Å². The van der Waals surface area contributed by atoms with Gasteiger partial charge in [0.15, 0.2) is 12.6 Å². The number of hydrogen-bond donors (Lipinski definition) is 2. The molecule has 13 heteroatoms. The molecule has 2 saturated heterocycles. The first-order valence-corrected chi connectivity index (χ1v) is 22.7. The fourth-order valence-electron chi connectivity index (χ4n) is 9.06. The van der Waals surface area contributed by atoms with Gasteiger partial charge in [-0.3, -0.25) is 4.98 Å². The zero-order valence-corrected chi connectivity index (χ0v) is 36.1. The minimum Gasteiger partial charge on any atom is -0.468 e. The molecule has 2 aliphatic heterocycles. The van der Waals surface area contributed by atoms with E-state index in [2.05, 4.69) is 75.1 Å². The number of aromatic nitrogens is 3. The standard InChI is InChI=1S/C44H60F2N6O4Si/c1-28(2)57(29(3)4,30(5)6)20-13-34-37(45)12-11-32-21-33(56-27-54-9)22-35(38(32)34)40-39(46)41-36(23-48-40)42(52-17-10-14-44(8,53)26-52)50-43(49-41)55-25-31(7)24-51-18-15-47-16-19-51/h11-12,21-23,28-31,47,53H,10,14-19,24-27H2,1-9H3/t31?,44-/m1/s1. The molecular formula is C44H60F2N6O4Si. The number of rotatable bonds is 13. The molecule has 10 nitrogen and oxygen atoms in total. The Morgan fingerprint density at radius 3 is 2.37 bits per heavy atom. The average molecular weight is 803 g/mol. The van der Waals surface area contributed by atoms with Gasteiger partial charge >= 0.3 is 6.01 Å². The molecule has 308 valence electrons. The molecule has 0 amide bonds. The number of ether oxygens (including phenoxy) is 3. The zero-order valence-electron chi connectivity index (χ0n) is 35.1. The maximum Gasteiger partial charge on any atom is 0.319 e. The third-order valence-electron chi connectivity index (χ3n) is 11.8. The topological polar surface area (TPSA) is 105 Å². The number of fused-ring (bicyclic) bond motifs is 2. The third-order valence-corrected chi connectivity index (χ3v) is 18.1. The summed E-state index contributed by atoms with van der Waals surface area (Å²) in [6.07, 6.45) is 2.94. The molecule has 2 fully saturated rings. The third kappa shape index (κ3) is 9.21. The van der Waals surface area contributed by atoms with Gasteiger partial charge in [0.05, 0.1) is 23.2 Å². The summed E-state index contributed by atoms with van der Waals surface area (Å²) < 4.78 is 51.1. The van der Waals surface area contributed by atoms with E-state index in [0.29, 0.717) is 76.0 Å². The molecule has 2 atom stereocenters. The minimum atomic E-state index is -2.28. The lowest BCUT2D eigenvalue weighted by Gasteiger charge is -2.38. The number of piperidine rings is 1. The number of halogens is 2. The van der Waals surface area contributed by atoms with E-state index in [-0.39, 0.29) is 35.5 Å². The first-order valence-electron chi connectivity index (χ1n) is 20.5. The van der Waals surface area contributed by atoms with Gasteiger partial charge in [0.25, 0.3) is 0 Å². The van der Waals surface area contributed by atoms with Crippen LogP contribution >= 0.6 is 0 Å². The summed E-state index contributed by atoms with van der Waals surface area (Å²) in [5.41, 5.74) is 4.21. The molecule has 2 N–H and O–H groups in total. The van der Waals surface area contributed by atoms with Crippen molar-refractivity contribution in [1.29, 1.82) is 0 Å². The van der Waals surface area contributed by atoms with Crippen molar-refractivity contribution in [1.82, 2.24) is 25.2 Å². The van der Waals surface area contributed by atoms with E-state index < -0.39 is 25.3 Å². The highest BCUT2D eigenvalue weighted by Crippen LogP contribution is 2.43. The molecule has 2 aliphatic rings. The van der Waals surface area contributed by atoms with Crippen molar-refractivity contribution < 1.29 is 28.1 Å². The Hall–Kier alpha value is -3.93. The monoisotopic (exact) mass is 802 g/mol. The van der Waals surface area contributed by atoms with E-state index in [1.165, 1.54) is 13.2 Å². The van der Waals surface area contributed by atoms with Crippen molar-refractivity contribution in [3.8, 4) is 34.5 Å². The van der Waals surface area contributed by atoms with Crippen LogP contribution < -0.4 is 19.7 Å². The Morgan fingerprint density at radius 2 is 1.70 bits per heavy atom. The number of nitrogens with one attached hydrogen (secondary N) is 1. The highest BCUT2D eigenvalue weighted by Gasteiger charge is 2.42. The Kier molecular flexibility index (Phi) is 13.4. The van der Waals surface area contributed by atoms with Gasteiger partial charge in [-0.2, -0.15) is 9.97 Å². The van der Waals surface area contributed by atoms with Gasteiger partial charge in [0, 0.05) is 76.0 Å². The molecule has 4 aromatic rings. The van der Waals surface area contributed by atoms with Crippen LogP contribution in [-0.2, 0) is 4.74 Å². The Morgan fingerprint density at radius 1 is 0.982 bits per heavy atom. The highest BCUT2D eigenvalue weighted by atomic mass is 28.3. The molecule has 0 spiro atoms. The van der Waals surface area contributed by atoms with Crippen molar-refractivity contribution in [2.75, 3.05) is 71.2 Å². The number of anilines is 1. The van der Waals surface area contributed by atoms with Crippen LogP contribution in [0, 0.1) is 29.0 Å². The van der Waals surface area contributed by atoms with Crippen molar-refractivity contribution >= 4 is 35.6 Å². The largest absolute Gasteiger partial charge is 0.468 e. The molecule has 2 aromatic carbocycles. The smallest absolute Gasteiger partial charge is 0.319 e. The fraction of sp³-hybridized carbons (Fsp3) is 0.568. The number of benzene rings is 2. The highest BCUT2D eigenvalue weighted by molar-refractivity contribution is 6.90. The lowest BCUT2D eigenvalue weighted by molar-refractivity contribution is 0.0447. The van der Waals surface area contributed by atoms with Crippen LogP contribution in [0.2, 0.25) is 16.6 Å². The van der Waals surface area contributed by atoms with Crippen LogP contribution in [0.15, 0.2) is 30.5 Å². The van der Waals surface area contributed by atoms with Gasteiger partial charge in [-0.15, -0.1) is 5.54 Å². The predicted molar refractivity (Wildman–Crippen MR) is 227 cm³/mol. The predicted octanol–water partition coefficient (Wildman–Crippen LogP) is 7.95. The SMILES string of the molecule is COCOc1cc(-c2ncc3c(N4CCC[C@@](C)(O)C4)nc(OCC(C)CN4CCNCC4)nc3c2F)c2c(C#C[Si](C(C)C)(C(C)C)C(C)C)c(F)ccc2c1. The van der Waals surface area contributed by atoms with Crippen LogP contribution in [0.3, 0.4) is 0 Å². The summed E-state index contributed by atoms with van der Waals surface area (Å²) in [4.78, 5) is 18.6. The van der Waals surface area contributed by atoms with Crippen LogP contribution in [0.1, 0.15) is 73.8 Å². The summed E-state index contributed by atoms with van der Waals surface area (Å²) in [6, 6.07) is 6.56. The van der Waals surface area contributed by atoms with Gasteiger partial charge < -0.3 is 34.4 Å². The molecule has 1 unspecified atom stereocenters. The van der Waals surface area contributed by atoms with Crippen LogP contribution in [-0.4, -0.2) is 105 Å². The quantitative estimate of drug-likeness (QED) is 0.0787. The molecule has 0 bridgehead atoms. The molecular weight excluding hydrogens is 743 g/mol. The van der Waals surface area contributed by atoms with E-state index in [1.54, 1.807) is 31.3 Å². The summed E-state index contributed by atoms with van der Waals surface area (Å²) in [5.74, 6) is 3.15. The second-order valence-electron chi connectivity index (χ2n) is 17.2. The van der Waals surface area contributed by atoms with Gasteiger partial charge in [0.1, 0.15) is 36.7 Å². The normalized spacial score (nSPS) is 18.8. The molecule has 0 saturated carbocycles. The molecule has 0 aliphatic carbocycles. The Balaban J connectivity index is 1.54. The van der Waals surface area contributed by atoms with Gasteiger partial charge in [-0.25, -0.2) is 8.78 Å². The maximum absolute atomic E-state index is 17.5. The second-order valence-corrected chi connectivity index (χ2v) is 22.8. The van der Waals surface area contributed by atoms with E-state index >= 15 is 8.78 Å². The zero-order chi connectivity index (χ0) is 41.1. The number of nitrogens with zero attached hydrogens (tertiary/aromatic N) is 5. The van der Waals surface area contributed by atoms with Crippen molar-refractivity contribution in [2.24, 2.45) is 5.92 Å². The fourth-order valence-corrected chi connectivity index (χ4v) is 14.3. The maximum atomic E-state index is 17.5. The Labute approximate surface area is 337 Å². The second kappa shape index (κ2) is 17.9. The van der Waals surface area contributed by atoms with Crippen LogP contribution in [0.25, 0.3) is 32.9 Å². The number of methoxy groups -OCH3 is 1. The number of hydrogen-bond acceptors (Lipinski definition) is 10. The number of aliphatic hydroxyl groups is 1. The Bertz CT molecular complexity index is 2090. The van der Waals surface area contributed by atoms with Crippen molar-refractivity contribution in [2.45, 2.75) is 90.5 Å². The first-order chi connectivity index (χ1) is 27.1. The lowest BCUT2D eigenvalue weighted by atomic mass is 9.94. The number of β-amino-alcohol motifs (C(OH)–C–C–N with tert-alkyl or cyclic N) is 1. The lowest BCUT2D eigenvalue weighted by Crippen LogP contribution is -2.46. The van der Waals surface area contributed by atoms with Crippen molar-refractivity contribution in [3.63, 3.8) is 0 Å². The van der Waals surface area contributed by atoms with Gasteiger partial charge in [-0.05, 0) is 60.0 Å². The number of piperazine rings is 1. The van der Waals surface area contributed by atoms with E-state index in [0.717, 1.165) is 39.1 Å². The molecule has 4 heterocycles. The summed E-state index contributed by atoms with van der Waals surface area (Å²) in [5, 5.41) is 15.9. The van der Waals surface area contributed by atoms with Crippen molar-refractivity contribution in [3.05, 3.63) is 47.7 Å². The molecule has 6 rings (SSSR count). The first kappa shape index (κ1) is 42.7. The summed E-state index contributed by atoms with van der Waals surface area (Å²) >= 11 is 0. The number of pyridine rings is 1. The summed E-state index contributed by atoms with van der Waals surface area (Å²) in [7, 11) is -0.757. The average Bonchev–Trinajstić information content (AvgIpc) is 3.16. The minimum absolute atomic E-state index is 0.0197. The van der Waals surface area contributed by atoms with E-state index in [4.69, 9.17) is 24.2 Å². The molecule has 2 aromatic heterocycles.